The number of methoxy groups -OCH3 is 1. The number of benzene rings is 2. The van der Waals surface area contributed by atoms with Crippen LogP contribution < -0.4 is 4.74 Å². The molecule has 1 aliphatic rings. The highest BCUT2D eigenvalue weighted by Gasteiger charge is 2.30. The number of carbonyl (C=O) groups is 1. The predicted molar refractivity (Wildman–Crippen MR) is 135 cm³/mol. The van der Waals surface area contributed by atoms with Crippen molar-refractivity contribution in [3.63, 3.8) is 0 Å². The van der Waals surface area contributed by atoms with Gasteiger partial charge in [-0.1, -0.05) is 34.1 Å². The maximum atomic E-state index is 13.7. The zero-order chi connectivity index (χ0) is 22.8. The number of carbonyl (C=O) groups excluding carboxylic acids is 1. The minimum absolute atomic E-state index is 0.0310. The molecule has 0 unspecified atom stereocenters. The quantitative estimate of drug-likeness (QED) is 0.341. The minimum atomic E-state index is 0.0310. The Bertz CT molecular complexity index is 1140. The van der Waals surface area contributed by atoms with E-state index in [1.165, 1.54) is 24.0 Å². The van der Waals surface area contributed by atoms with E-state index >= 15 is 0 Å². The molecule has 0 spiro atoms. The first-order chi connectivity index (χ1) is 15.4. The molecular formula is C26H29BrN2O2S. The predicted octanol–water partition coefficient (Wildman–Crippen LogP) is 6.60. The van der Waals surface area contributed by atoms with E-state index in [2.05, 4.69) is 59.0 Å². The van der Waals surface area contributed by atoms with E-state index < -0.39 is 0 Å². The third kappa shape index (κ3) is 5.24. The molecule has 0 saturated heterocycles. The number of rotatable bonds is 8. The van der Waals surface area contributed by atoms with E-state index in [9.17, 15) is 4.79 Å². The summed E-state index contributed by atoms with van der Waals surface area (Å²) in [5, 5.41) is 0.918. The zero-order valence-corrected chi connectivity index (χ0v) is 21.5. The molecule has 6 heteroatoms. The van der Waals surface area contributed by atoms with Crippen molar-refractivity contribution in [1.29, 1.82) is 0 Å². The van der Waals surface area contributed by atoms with Crippen molar-refractivity contribution < 1.29 is 9.53 Å². The summed E-state index contributed by atoms with van der Waals surface area (Å²) in [6.45, 7) is 7.63. The van der Waals surface area contributed by atoms with Gasteiger partial charge in [0.1, 0.15) is 11.4 Å². The number of aromatic nitrogens is 1. The molecule has 2 aromatic carbocycles. The van der Waals surface area contributed by atoms with Crippen molar-refractivity contribution in [3.05, 3.63) is 68.3 Å². The lowest BCUT2D eigenvalue weighted by atomic mass is 10.0. The molecule has 1 amide bonds. The van der Waals surface area contributed by atoms with Crippen LogP contribution in [0.3, 0.4) is 0 Å². The van der Waals surface area contributed by atoms with E-state index in [-0.39, 0.29) is 5.91 Å². The van der Waals surface area contributed by atoms with Crippen LogP contribution in [0, 0.1) is 26.7 Å². The van der Waals surface area contributed by atoms with Crippen LogP contribution in [0.5, 0.6) is 5.75 Å². The highest BCUT2D eigenvalue weighted by molar-refractivity contribution is 9.10. The molecule has 32 heavy (non-hydrogen) atoms. The summed E-state index contributed by atoms with van der Waals surface area (Å²) in [6.07, 6.45) is 3.14. The molecule has 4 rings (SSSR count). The molecule has 0 atom stereocenters. The lowest BCUT2D eigenvalue weighted by Crippen LogP contribution is -2.35. The molecule has 1 aliphatic carbocycles. The van der Waals surface area contributed by atoms with Crippen LogP contribution in [-0.4, -0.2) is 36.0 Å². The van der Waals surface area contributed by atoms with Gasteiger partial charge in [-0.15, -0.1) is 11.3 Å². The number of hydrogen-bond donors (Lipinski definition) is 0. The molecule has 4 nitrogen and oxygen atoms in total. The number of nitrogens with zero attached hydrogens (tertiary/aromatic N) is 2. The summed E-state index contributed by atoms with van der Waals surface area (Å²) in [5.74, 6) is 1.49. The van der Waals surface area contributed by atoms with Gasteiger partial charge >= 0.3 is 0 Å². The highest BCUT2D eigenvalue weighted by atomic mass is 79.9. The first-order valence-corrected chi connectivity index (χ1v) is 12.6. The van der Waals surface area contributed by atoms with Crippen molar-refractivity contribution in [2.45, 2.75) is 40.0 Å². The van der Waals surface area contributed by atoms with Gasteiger partial charge in [-0.25, -0.2) is 4.98 Å². The molecule has 0 bridgehead atoms. The first kappa shape index (κ1) is 23.0. The molecule has 0 radical (unpaired) electrons. The number of thiazole rings is 1. The average Bonchev–Trinajstić information content (AvgIpc) is 3.51. The maximum absolute atomic E-state index is 13.7. The van der Waals surface area contributed by atoms with Crippen LogP contribution in [0.2, 0.25) is 0 Å². The third-order valence-electron chi connectivity index (χ3n) is 6.06. The molecule has 1 heterocycles. The van der Waals surface area contributed by atoms with E-state index in [1.807, 2.05) is 24.0 Å². The Kier molecular flexibility index (Phi) is 7.01. The number of ether oxygens (including phenoxy) is 1. The van der Waals surface area contributed by atoms with E-state index in [1.54, 1.807) is 18.4 Å². The fourth-order valence-electron chi connectivity index (χ4n) is 3.89. The lowest BCUT2D eigenvalue weighted by Gasteiger charge is -2.23. The van der Waals surface area contributed by atoms with Crippen LogP contribution in [0.25, 0.3) is 10.4 Å². The Balaban J connectivity index is 1.61. The average molecular weight is 514 g/mol. The van der Waals surface area contributed by atoms with Gasteiger partial charge in [-0.05, 0) is 86.4 Å². The van der Waals surface area contributed by atoms with Crippen LogP contribution in [-0.2, 0) is 6.42 Å². The van der Waals surface area contributed by atoms with E-state index in [4.69, 9.17) is 4.74 Å². The van der Waals surface area contributed by atoms with Gasteiger partial charge in [0.05, 0.1) is 17.0 Å². The smallest absolute Gasteiger partial charge is 0.274 e. The van der Waals surface area contributed by atoms with Gasteiger partial charge in [-0.2, -0.15) is 0 Å². The van der Waals surface area contributed by atoms with Crippen molar-refractivity contribution in [2.75, 3.05) is 20.2 Å². The standard InChI is InChI=1S/C26H29BrN2O2S/c1-16-5-8-21(13-17(16)2)25-24(28-18(3)32-25)26(30)29(15-19-6-7-19)12-11-20-14-22(27)9-10-23(20)31-4/h5,8-10,13-14,19H,6-7,11-12,15H2,1-4H3. The number of hydrogen-bond acceptors (Lipinski definition) is 4. The summed E-state index contributed by atoms with van der Waals surface area (Å²) in [5.41, 5.74) is 5.23. The summed E-state index contributed by atoms with van der Waals surface area (Å²) < 4.78 is 6.55. The molecule has 0 N–H and O–H groups in total. The Morgan fingerprint density at radius 1 is 1.16 bits per heavy atom. The van der Waals surface area contributed by atoms with Crippen LogP contribution in [0.4, 0.5) is 0 Å². The lowest BCUT2D eigenvalue weighted by molar-refractivity contribution is 0.0744. The van der Waals surface area contributed by atoms with Crippen LogP contribution >= 0.6 is 27.3 Å². The molecule has 1 saturated carbocycles. The normalized spacial score (nSPS) is 13.3. The second-order valence-corrected chi connectivity index (χ2v) is 10.7. The fraction of sp³-hybridized carbons (Fsp3) is 0.385. The van der Waals surface area contributed by atoms with Gasteiger partial charge in [0.15, 0.2) is 0 Å². The summed E-state index contributed by atoms with van der Waals surface area (Å²) in [6, 6.07) is 12.4. The van der Waals surface area contributed by atoms with Gasteiger partial charge in [-0.3, -0.25) is 4.79 Å². The second-order valence-electron chi connectivity index (χ2n) is 8.61. The molecule has 3 aromatic rings. The van der Waals surface area contributed by atoms with Crippen molar-refractivity contribution in [2.24, 2.45) is 5.92 Å². The monoisotopic (exact) mass is 512 g/mol. The van der Waals surface area contributed by atoms with E-state index in [0.29, 0.717) is 18.2 Å². The highest BCUT2D eigenvalue weighted by Crippen LogP contribution is 2.34. The number of amides is 1. The van der Waals surface area contributed by atoms with Crippen molar-refractivity contribution >= 4 is 33.2 Å². The maximum Gasteiger partial charge on any atom is 0.274 e. The first-order valence-electron chi connectivity index (χ1n) is 11.0. The summed E-state index contributed by atoms with van der Waals surface area (Å²) in [7, 11) is 1.69. The molecule has 1 fully saturated rings. The summed E-state index contributed by atoms with van der Waals surface area (Å²) >= 11 is 5.15. The largest absolute Gasteiger partial charge is 0.496 e. The van der Waals surface area contributed by atoms with Crippen molar-refractivity contribution in [3.8, 4) is 16.2 Å². The number of aryl methyl sites for hydroxylation is 3. The van der Waals surface area contributed by atoms with Crippen molar-refractivity contribution in [1.82, 2.24) is 9.88 Å². The van der Waals surface area contributed by atoms with Crippen LogP contribution in [0.1, 0.15) is 45.0 Å². The molecule has 0 aliphatic heterocycles. The Labute approximate surface area is 202 Å². The fourth-order valence-corrected chi connectivity index (χ4v) is 5.20. The third-order valence-corrected chi connectivity index (χ3v) is 7.58. The molecule has 168 valence electrons. The van der Waals surface area contributed by atoms with Gasteiger partial charge < -0.3 is 9.64 Å². The Hall–Kier alpha value is -2.18. The second kappa shape index (κ2) is 9.75. The van der Waals surface area contributed by atoms with Crippen LogP contribution in [0.15, 0.2) is 40.9 Å². The minimum Gasteiger partial charge on any atom is -0.496 e. The van der Waals surface area contributed by atoms with Gasteiger partial charge in [0.25, 0.3) is 5.91 Å². The number of halogens is 1. The topological polar surface area (TPSA) is 42.4 Å². The van der Waals surface area contributed by atoms with Gasteiger partial charge in [0.2, 0.25) is 0 Å². The van der Waals surface area contributed by atoms with Gasteiger partial charge in [0, 0.05) is 17.6 Å². The molecular weight excluding hydrogens is 484 g/mol. The molecule has 1 aromatic heterocycles. The summed E-state index contributed by atoms with van der Waals surface area (Å²) in [4.78, 5) is 21.4. The Morgan fingerprint density at radius 2 is 1.94 bits per heavy atom. The zero-order valence-electron chi connectivity index (χ0n) is 19.1. The van der Waals surface area contributed by atoms with E-state index in [0.717, 1.165) is 44.2 Å². The Morgan fingerprint density at radius 3 is 2.62 bits per heavy atom. The SMILES string of the molecule is COc1ccc(Br)cc1CCN(CC1CC1)C(=O)c1nc(C)sc1-c1ccc(C)c(C)c1.